The van der Waals surface area contributed by atoms with Crippen molar-refractivity contribution in [1.82, 2.24) is 0 Å². The minimum atomic E-state index is -1.51. The van der Waals surface area contributed by atoms with Gasteiger partial charge < -0.3 is 26.0 Å². The maximum atomic E-state index is 10.6. The van der Waals surface area contributed by atoms with Gasteiger partial charge in [-0.15, -0.1) is 0 Å². The number of nitrogens with one attached hydrogen (secondary N) is 2. The number of carboxylic acid groups (broad SMARTS) is 2. The van der Waals surface area contributed by atoms with Crippen LogP contribution in [0, 0.1) is 0 Å². The molecule has 0 bridgehead atoms. The van der Waals surface area contributed by atoms with E-state index in [-0.39, 0.29) is 6.61 Å². The Morgan fingerprint density at radius 2 is 1.58 bits per heavy atom. The van der Waals surface area contributed by atoms with Crippen LogP contribution in [-0.4, -0.2) is 40.4 Å². The summed E-state index contributed by atoms with van der Waals surface area (Å²) in [4.78, 5) is 21.2. The fraction of sp³-hybridized carbons (Fsp3) is 0.167. The SMILES string of the molecule is O=C(O)C(=CNc1ccc(NCCO)cc1)C(=O)O. The second-order valence-electron chi connectivity index (χ2n) is 3.54. The third kappa shape index (κ3) is 4.68. The molecule has 0 aromatic heterocycles. The van der Waals surface area contributed by atoms with Gasteiger partial charge in [0.05, 0.1) is 6.61 Å². The maximum absolute atomic E-state index is 10.6. The van der Waals surface area contributed by atoms with E-state index in [4.69, 9.17) is 15.3 Å². The van der Waals surface area contributed by atoms with Gasteiger partial charge in [0.1, 0.15) is 0 Å². The second kappa shape index (κ2) is 7.02. The van der Waals surface area contributed by atoms with Crippen molar-refractivity contribution in [3.05, 3.63) is 36.0 Å². The highest BCUT2D eigenvalue weighted by Crippen LogP contribution is 2.13. The van der Waals surface area contributed by atoms with Gasteiger partial charge in [0.2, 0.25) is 0 Å². The Labute approximate surface area is 109 Å². The van der Waals surface area contributed by atoms with Gasteiger partial charge in [-0.05, 0) is 24.3 Å². The Balaban J connectivity index is 2.69. The summed E-state index contributed by atoms with van der Waals surface area (Å²) >= 11 is 0. The predicted octanol–water partition coefficient (Wildman–Crippen LogP) is 0.556. The van der Waals surface area contributed by atoms with Crippen molar-refractivity contribution in [2.45, 2.75) is 0 Å². The zero-order chi connectivity index (χ0) is 14.3. The second-order valence-corrected chi connectivity index (χ2v) is 3.54. The fourth-order valence-electron chi connectivity index (χ4n) is 1.25. The Hall–Kier alpha value is -2.54. The average Bonchev–Trinajstić information content (AvgIpc) is 2.37. The number of carbonyl (C=O) groups is 2. The molecule has 0 saturated heterocycles. The number of anilines is 2. The van der Waals surface area contributed by atoms with Crippen molar-refractivity contribution >= 4 is 23.3 Å². The third-order valence-electron chi connectivity index (χ3n) is 2.17. The molecular weight excluding hydrogens is 252 g/mol. The zero-order valence-electron chi connectivity index (χ0n) is 9.96. The third-order valence-corrected chi connectivity index (χ3v) is 2.17. The molecule has 0 aliphatic heterocycles. The van der Waals surface area contributed by atoms with Crippen molar-refractivity contribution in [3.63, 3.8) is 0 Å². The minimum Gasteiger partial charge on any atom is -0.477 e. The van der Waals surface area contributed by atoms with Gasteiger partial charge in [0.25, 0.3) is 0 Å². The molecule has 0 unspecified atom stereocenters. The number of aliphatic carboxylic acids is 2. The Morgan fingerprint density at radius 3 is 2.05 bits per heavy atom. The van der Waals surface area contributed by atoms with E-state index in [0.717, 1.165) is 11.9 Å². The van der Waals surface area contributed by atoms with E-state index in [2.05, 4.69) is 10.6 Å². The molecule has 7 heteroatoms. The summed E-state index contributed by atoms with van der Waals surface area (Å²) < 4.78 is 0. The standard InChI is InChI=1S/C12H14N2O5/c15-6-5-13-8-1-3-9(4-2-8)14-7-10(11(16)17)12(18)19/h1-4,7,13-15H,5-6H2,(H,16,17)(H,18,19). The molecule has 0 aliphatic carbocycles. The highest BCUT2D eigenvalue weighted by atomic mass is 16.4. The topological polar surface area (TPSA) is 119 Å². The first-order chi connectivity index (χ1) is 9.04. The quantitative estimate of drug-likeness (QED) is 0.278. The van der Waals surface area contributed by atoms with Crippen LogP contribution >= 0.6 is 0 Å². The number of aliphatic hydroxyl groups is 1. The van der Waals surface area contributed by atoms with Crippen molar-refractivity contribution in [2.24, 2.45) is 0 Å². The van der Waals surface area contributed by atoms with E-state index in [9.17, 15) is 9.59 Å². The van der Waals surface area contributed by atoms with Crippen molar-refractivity contribution in [2.75, 3.05) is 23.8 Å². The minimum absolute atomic E-state index is 0.0172. The van der Waals surface area contributed by atoms with E-state index in [1.54, 1.807) is 24.3 Å². The molecule has 0 atom stereocenters. The van der Waals surface area contributed by atoms with E-state index in [0.29, 0.717) is 12.2 Å². The van der Waals surface area contributed by atoms with Crippen LogP contribution in [0.1, 0.15) is 0 Å². The monoisotopic (exact) mass is 266 g/mol. The lowest BCUT2D eigenvalue weighted by Gasteiger charge is -2.06. The molecular formula is C12H14N2O5. The molecule has 0 radical (unpaired) electrons. The van der Waals surface area contributed by atoms with Crippen LogP contribution in [0.3, 0.4) is 0 Å². The molecule has 0 spiro atoms. The fourth-order valence-corrected chi connectivity index (χ4v) is 1.25. The average molecular weight is 266 g/mol. The Kier molecular flexibility index (Phi) is 5.36. The van der Waals surface area contributed by atoms with E-state index >= 15 is 0 Å². The number of benzene rings is 1. The molecule has 1 aromatic rings. The van der Waals surface area contributed by atoms with Crippen molar-refractivity contribution < 1.29 is 24.9 Å². The van der Waals surface area contributed by atoms with E-state index in [1.807, 2.05) is 0 Å². The van der Waals surface area contributed by atoms with Crippen LogP contribution in [0.15, 0.2) is 36.0 Å². The summed E-state index contributed by atoms with van der Waals surface area (Å²) in [6.45, 7) is 0.443. The highest BCUT2D eigenvalue weighted by molar-refractivity contribution is 6.12. The van der Waals surface area contributed by atoms with Gasteiger partial charge >= 0.3 is 11.9 Å². The van der Waals surface area contributed by atoms with E-state index < -0.39 is 17.5 Å². The molecule has 0 saturated carbocycles. The highest BCUT2D eigenvalue weighted by Gasteiger charge is 2.15. The van der Waals surface area contributed by atoms with Gasteiger partial charge in [-0.1, -0.05) is 0 Å². The predicted molar refractivity (Wildman–Crippen MR) is 69.0 cm³/mol. The molecule has 0 amide bonds. The molecule has 0 fully saturated rings. The van der Waals surface area contributed by atoms with Gasteiger partial charge in [-0.3, -0.25) is 0 Å². The zero-order valence-corrected chi connectivity index (χ0v) is 9.96. The largest absolute Gasteiger partial charge is 0.477 e. The number of carboxylic acids is 2. The summed E-state index contributed by atoms with van der Waals surface area (Å²) in [7, 11) is 0. The van der Waals surface area contributed by atoms with E-state index in [1.165, 1.54) is 0 Å². The Bertz CT molecular complexity index is 465. The number of hydrogen-bond donors (Lipinski definition) is 5. The van der Waals surface area contributed by atoms with Crippen LogP contribution in [0.2, 0.25) is 0 Å². The first-order valence-electron chi connectivity index (χ1n) is 5.42. The molecule has 1 aromatic carbocycles. The summed E-state index contributed by atoms with van der Waals surface area (Å²) in [6, 6.07) is 6.73. The smallest absolute Gasteiger partial charge is 0.344 e. The number of rotatable bonds is 7. The molecule has 5 N–H and O–H groups in total. The first kappa shape index (κ1) is 14.5. The van der Waals surface area contributed by atoms with Crippen LogP contribution in [0.5, 0.6) is 0 Å². The molecule has 1 rings (SSSR count). The summed E-state index contributed by atoms with van der Waals surface area (Å²) in [5, 5.41) is 31.4. The lowest BCUT2D eigenvalue weighted by atomic mass is 10.2. The molecule has 7 nitrogen and oxygen atoms in total. The number of hydrogen-bond acceptors (Lipinski definition) is 5. The normalized spacial score (nSPS) is 9.53. The lowest BCUT2D eigenvalue weighted by Crippen LogP contribution is -2.12. The summed E-state index contributed by atoms with van der Waals surface area (Å²) in [6.07, 6.45) is 0.917. The molecule has 102 valence electrons. The van der Waals surface area contributed by atoms with Crippen LogP contribution < -0.4 is 10.6 Å². The Morgan fingerprint density at radius 1 is 1.05 bits per heavy atom. The van der Waals surface area contributed by atoms with Crippen LogP contribution in [-0.2, 0) is 9.59 Å². The van der Waals surface area contributed by atoms with Gasteiger partial charge in [0, 0.05) is 24.1 Å². The van der Waals surface area contributed by atoms with Gasteiger partial charge in [-0.2, -0.15) is 0 Å². The molecule has 19 heavy (non-hydrogen) atoms. The van der Waals surface area contributed by atoms with Crippen molar-refractivity contribution in [1.29, 1.82) is 0 Å². The van der Waals surface area contributed by atoms with Crippen molar-refractivity contribution in [3.8, 4) is 0 Å². The first-order valence-corrected chi connectivity index (χ1v) is 5.42. The van der Waals surface area contributed by atoms with Crippen LogP contribution in [0.4, 0.5) is 11.4 Å². The van der Waals surface area contributed by atoms with Crippen LogP contribution in [0.25, 0.3) is 0 Å². The molecule has 0 heterocycles. The van der Waals surface area contributed by atoms with Gasteiger partial charge in [-0.25, -0.2) is 9.59 Å². The number of aliphatic hydroxyl groups excluding tert-OH is 1. The maximum Gasteiger partial charge on any atom is 0.344 e. The molecule has 0 aliphatic rings. The van der Waals surface area contributed by atoms with Gasteiger partial charge in [0.15, 0.2) is 5.57 Å². The summed E-state index contributed by atoms with van der Waals surface area (Å²) in [5.74, 6) is -3.03. The summed E-state index contributed by atoms with van der Waals surface area (Å²) in [5.41, 5.74) is 0.595. The lowest BCUT2D eigenvalue weighted by molar-refractivity contribution is -0.140.